The normalized spacial score (nSPS) is 11.8. The van der Waals surface area contributed by atoms with Gasteiger partial charge in [0.05, 0.1) is 18.2 Å². The van der Waals surface area contributed by atoms with Crippen molar-refractivity contribution in [2.45, 2.75) is 13.3 Å². The van der Waals surface area contributed by atoms with Crippen molar-refractivity contribution in [2.75, 3.05) is 13.7 Å². The van der Waals surface area contributed by atoms with Crippen molar-refractivity contribution in [1.82, 2.24) is 14.6 Å². The van der Waals surface area contributed by atoms with E-state index in [-0.39, 0.29) is 28.5 Å². The summed E-state index contributed by atoms with van der Waals surface area (Å²) in [6.45, 7) is 2.39. The highest BCUT2D eigenvalue weighted by molar-refractivity contribution is 7.15. The maximum absolute atomic E-state index is 13.1. The van der Waals surface area contributed by atoms with Gasteiger partial charge >= 0.3 is 0 Å². The molecule has 2 heterocycles. The number of hydrogen-bond acceptors (Lipinski definition) is 7. The molecule has 158 valence electrons. The van der Waals surface area contributed by atoms with Crippen LogP contribution in [0.15, 0.2) is 52.1 Å². The Balaban J connectivity index is 1.75. The Hall–Kier alpha value is -3.59. The van der Waals surface area contributed by atoms with E-state index in [1.807, 2.05) is 13.0 Å². The molecule has 0 amide bonds. The Morgan fingerprint density at radius 1 is 1.13 bits per heavy atom. The van der Waals surface area contributed by atoms with Gasteiger partial charge in [0.1, 0.15) is 11.5 Å². The first-order valence-electron chi connectivity index (χ1n) is 9.48. The molecule has 0 aliphatic heterocycles. The Bertz CT molecular complexity index is 1410. The van der Waals surface area contributed by atoms with Crippen molar-refractivity contribution in [3.05, 3.63) is 90.3 Å². The number of benzene rings is 2. The molecule has 0 atom stereocenters. The smallest absolute Gasteiger partial charge is 0.296 e. The molecule has 2 aromatic heterocycles. The molecule has 2 aromatic carbocycles. The van der Waals surface area contributed by atoms with Gasteiger partial charge in [-0.15, -0.1) is 0 Å². The number of thiazole rings is 1. The quantitative estimate of drug-likeness (QED) is 0.458. The van der Waals surface area contributed by atoms with Gasteiger partial charge in [-0.3, -0.25) is 9.59 Å². The van der Waals surface area contributed by atoms with Crippen molar-refractivity contribution >= 4 is 22.4 Å². The van der Waals surface area contributed by atoms with Gasteiger partial charge in [-0.2, -0.15) is 14.6 Å². The summed E-state index contributed by atoms with van der Waals surface area (Å²) in [4.78, 5) is 29.4. The first kappa shape index (κ1) is 20.7. The first-order valence-corrected chi connectivity index (χ1v) is 10.3. The van der Waals surface area contributed by atoms with E-state index >= 15 is 0 Å². The largest absolute Gasteiger partial charge is 0.493 e. The fourth-order valence-electron chi connectivity index (χ4n) is 3.05. The summed E-state index contributed by atoms with van der Waals surface area (Å²) in [7, 11) is 1.54. The summed E-state index contributed by atoms with van der Waals surface area (Å²) >= 11 is 1.08. The van der Waals surface area contributed by atoms with Crippen LogP contribution in [0.5, 0.6) is 11.5 Å². The molecule has 9 heteroatoms. The average molecular weight is 439 g/mol. The van der Waals surface area contributed by atoms with E-state index in [2.05, 4.69) is 10.1 Å². The lowest BCUT2D eigenvalue weighted by Crippen LogP contribution is -2.28. The van der Waals surface area contributed by atoms with E-state index in [0.29, 0.717) is 28.2 Å². The summed E-state index contributed by atoms with van der Waals surface area (Å²) in [6.07, 6.45) is 1.84. The third-order valence-corrected chi connectivity index (χ3v) is 5.48. The number of nitrogens with zero attached hydrogens (tertiary/aromatic N) is 3. The molecule has 0 N–H and O–H groups in total. The molecular weight excluding hydrogens is 421 g/mol. The second-order valence-electron chi connectivity index (χ2n) is 6.62. The fraction of sp³-hybridized carbons (Fsp3) is 0.182. The second-order valence-corrected chi connectivity index (χ2v) is 7.63. The Morgan fingerprint density at radius 2 is 1.90 bits per heavy atom. The van der Waals surface area contributed by atoms with E-state index in [0.717, 1.165) is 21.4 Å². The van der Waals surface area contributed by atoms with Crippen LogP contribution in [0.25, 0.3) is 11.0 Å². The summed E-state index contributed by atoms with van der Waals surface area (Å²) in [5.41, 5.74) is 0.663. The number of methoxy groups -OCH3 is 1. The number of rotatable bonds is 6. The van der Waals surface area contributed by atoms with Gasteiger partial charge in [0.15, 0.2) is 11.5 Å². The standard InChI is InChI=1S/C22H18FN3O4S/c1-3-30-17-9-6-14(11-18(17)29-2)12-19-21(28)26-22(31-19)24-20(27)16(25-26)10-13-4-7-15(23)8-5-13/h4-9,11-12H,3,10H2,1-2H3. The topological polar surface area (TPSA) is 82.8 Å². The van der Waals surface area contributed by atoms with E-state index in [1.54, 1.807) is 37.5 Å². The van der Waals surface area contributed by atoms with Crippen molar-refractivity contribution in [2.24, 2.45) is 0 Å². The first-order chi connectivity index (χ1) is 15.0. The number of ether oxygens (including phenoxy) is 2. The van der Waals surface area contributed by atoms with Crippen LogP contribution in [-0.4, -0.2) is 28.3 Å². The zero-order valence-electron chi connectivity index (χ0n) is 16.8. The van der Waals surface area contributed by atoms with Crippen LogP contribution < -0.4 is 25.1 Å². The second kappa shape index (κ2) is 8.65. The molecule has 0 bridgehead atoms. The van der Waals surface area contributed by atoms with Crippen LogP contribution in [0.1, 0.15) is 23.7 Å². The van der Waals surface area contributed by atoms with Gasteiger partial charge in [-0.1, -0.05) is 29.5 Å². The molecule has 7 nitrogen and oxygen atoms in total. The summed E-state index contributed by atoms with van der Waals surface area (Å²) < 4.78 is 25.5. The molecule has 0 spiro atoms. The Morgan fingerprint density at radius 3 is 2.61 bits per heavy atom. The molecular formula is C22H18FN3O4S. The molecule has 0 fully saturated rings. The van der Waals surface area contributed by atoms with E-state index in [9.17, 15) is 14.0 Å². The Kier molecular flexibility index (Phi) is 5.77. The molecule has 0 radical (unpaired) electrons. The maximum Gasteiger partial charge on any atom is 0.296 e. The minimum absolute atomic E-state index is 0.119. The highest BCUT2D eigenvalue weighted by Gasteiger charge is 2.12. The molecule has 0 saturated carbocycles. The van der Waals surface area contributed by atoms with Gasteiger partial charge in [-0.25, -0.2) is 4.39 Å². The van der Waals surface area contributed by atoms with E-state index < -0.39 is 5.56 Å². The van der Waals surface area contributed by atoms with Crippen molar-refractivity contribution < 1.29 is 13.9 Å². The van der Waals surface area contributed by atoms with Crippen molar-refractivity contribution in [3.63, 3.8) is 0 Å². The summed E-state index contributed by atoms with van der Waals surface area (Å²) in [6, 6.07) is 11.1. The average Bonchev–Trinajstić information content (AvgIpc) is 3.05. The zero-order chi connectivity index (χ0) is 22.0. The van der Waals surface area contributed by atoms with E-state index in [1.165, 1.54) is 12.1 Å². The monoisotopic (exact) mass is 439 g/mol. The summed E-state index contributed by atoms with van der Waals surface area (Å²) in [5, 5.41) is 4.21. The highest BCUT2D eigenvalue weighted by atomic mass is 32.1. The molecule has 0 unspecified atom stereocenters. The fourth-order valence-corrected chi connectivity index (χ4v) is 3.95. The van der Waals surface area contributed by atoms with Gasteiger partial charge < -0.3 is 9.47 Å². The minimum atomic E-state index is -0.514. The molecule has 0 aliphatic rings. The Labute approximate surface area is 180 Å². The van der Waals surface area contributed by atoms with Crippen LogP contribution >= 0.6 is 11.3 Å². The zero-order valence-corrected chi connectivity index (χ0v) is 17.6. The third kappa shape index (κ3) is 4.31. The highest BCUT2D eigenvalue weighted by Crippen LogP contribution is 2.28. The lowest BCUT2D eigenvalue weighted by atomic mass is 10.1. The van der Waals surface area contributed by atoms with Gasteiger partial charge in [0.2, 0.25) is 4.96 Å². The number of aromatic nitrogens is 3. The molecule has 4 rings (SSSR count). The molecule has 31 heavy (non-hydrogen) atoms. The minimum Gasteiger partial charge on any atom is -0.493 e. The lowest BCUT2D eigenvalue weighted by Gasteiger charge is -2.09. The molecule has 4 aromatic rings. The molecule has 0 aliphatic carbocycles. The van der Waals surface area contributed by atoms with Gasteiger partial charge in [0.25, 0.3) is 11.1 Å². The van der Waals surface area contributed by atoms with E-state index in [4.69, 9.17) is 9.47 Å². The van der Waals surface area contributed by atoms with Crippen LogP contribution in [0.2, 0.25) is 0 Å². The van der Waals surface area contributed by atoms with Crippen LogP contribution in [0.4, 0.5) is 4.39 Å². The predicted molar refractivity (Wildman–Crippen MR) is 116 cm³/mol. The molecule has 0 saturated heterocycles. The van der Waals surface area contributed by atoms with Crippen molar-refractivity contribution in [1.29, 1.82) is 0 Å². The predicted octanol–water partition coefficient (Wildman–Crippen LogP) is 2.20. The third-order valence-electron chi connectivity index (χ3n) is 4.52. The van der Waals surface area contributed by atoms with Crippen LogP contribution in [-0.2, 0) is 6.42 Å². The van der Waals surface area contributed by atoms with Gasteiger partial charge in [-0.05, 0) is 48.4 Å². The maximum atomic E-state index is 13.1. The summed E-state index contributed by atoms with van der Waals surface area (Å²) in [5.74, 6) is 0.796. The van der Waals surface area contributed by atoms with Gasteiger partial charge in [0, 0.05) is 6.42 Å². The SMILES string of the molecule is CCOc1ccc(C=c2sc3nc(=O)c(Cc4ccc(F)cc4)nn3c2=O)cc1OC. The number of hydrogen-bond donors (Lipinski definition) is 0. The number of fused-ring (bicyclic) bond motifs is 1. The van der Waals surface area contributed by atoms with Crippen LogP contribution in [0, 0.1) is 5.82 Å². The number of halogens is 1. The van der Waals surface area contributed by atoms with Crippen LogP contribution in [0.3, 0.4) is 0 Å². The van der Waals surface area contributed by atoms with Crippen molar-refractivity contribution in [3.8, 4) is 11.5 Å². The lowest BCUT2D eigenvalue weighted by molar-refractivity contribution is 0.311.